The Morgan fingerprint density at radius 2 is 2.07 bits per heavy atom. The molecule has 1 saturated carbocycles. The highest BCUT2D eigenvalue weighted by molar-refractivity contribution is 7.12. The van der Waals surface area contributed by atoms with E-state index in [1.165, 1.54) is 30.6 Å². The Balaban J connectivity index is 1.50. The van der Waals surface area contributed by atoms with E-state index in [0.29, 0.717) is 30.2 Å². The largest absolute Gasteiger partial charge is 0.368 e. The van der Waals surface area contributed by atoms with Crippen LogP contribution in [0.5, 0.6) is 0 Å². The zero-order valence-corrected chi connectivity index (χ0v) is 16.2. The Labute approximate surface area is 163 Å². The topological polar surface area (TPSA) is 75.7 Å². The zero-order valence-electron chi connectivity index (χ0n) is 15.4. The number of Topliss-reactive ketones (excluding diaryl/α,β-unsaturated/α-hetero) is 1. The van der Waals surface area contributed by atoms with Crippen molar-refractivity contribution < 1.29 is 19.1 Å². The molecule has 3 heterocycles. The van der Waals surface area contributed by atoms with Gasteiger partial charge in [0.1, 0.15) is 18.7 Å². The molecule has 1 aromatic heterocycles. The minimum atomic E-state index is -0.574. The third-order valence-corrected chi connectivity index (χ3v) is 6.91. The number of ether oxygens (including phenoxy) is 1. The number of hydrogen-bond acceptors (Lipinski definition) is 5. The van der Waals surface area contributed by atoms with Crippen LogP contribution < -0.4 is 5.32 Å². The molecule has 27 heavy (non-hydrogen) atoms. The Hall–Kier alpha value is -1.73. The Morgan fingerprint density at radius 1 is 1.26 bits per heavy atom. The first kappa shape index (κ1) is 18.6. The van der Waals surface area contributed by atoms with Crippen LogP contribution >= 0.6 is 11.3 Å². The predicted molar refractivity (Wildman–Crippen MR) is 102 cm³/mol. The van der Waals surface area contributed by atoms with E-state index in [2.05, 4.69) is 5.32 Å². The van der Waals surface area contributed by atoms with Crippen molar-refractivity contribution in [2.24, 2.45) is 5.92 Å². The van der Waals surface area contributed by atoms with Gasteiger partial charge in [-0.3, -0.25) is 14.4 Å². The second-order valence-corrected chi connectivity index (χ2v) is 8.77. The van der Waals surface area contributed by atoms with E-state index >= 15 is 0 Å². The second-order valence-electron chi connectivity index (χ2n) is 7.82. The number of carbonyl (C=O) groups is 3. The number of nitrogens with one attached hydrogen (secondary N) is 1. The van der Waals surface area contributed by atoms with Crippen molar-refractivity contribution in [3.05, 3.63) is 22.4 Å². The second kappa shape index (κ2) is 8.10. The lowest BCUT2D eigenvalue weighted by molar-refractivity contribution is -0.138. The summed E-state index contributed by atoms with van der Waals surface area (Å²) in [4.78, 5) is 40.4. The van der Waals surface area contributed by atoms with Crippen molar-refractivity contribution >= 4 is 28.9 Å². The highest BCUT2D eigenvalue weighted by atomic mass is 32.1. The van der Waals surface area contributed by atoms with Crippen LogP contribution in [0.2, 0.25) is 0 Å². The summed E-state index contributed by atoms with van der Waals surface area (Å²) in [5, 5.41) is 4.82. The Kier molecular flexibility index (Phi) is 5.59. The smallest absolute Gasteiger partial charge is 0.261 e. The van der Waals surface area contributed by atoms with Gasteiger partial charge in [-0.2, -0.15) is 0 Å². The average Bonchev–Trinajstić information content (AvgIpc) is 3.41. The summed E-state index contributed by atoms with van der Waals surface area (Å²) in [5.41, 5.74) is 0. The number of rotatable bonds is 5. The van der Waals surface area contributed by atoms with Crippen LogP contribution in [0.25, 0.3) is 0 Å². The summed E-state index contributed by atoms with van der Waals surface area (Å²) in [5.74, 6) is 0.0952. The maximum absolute atomic E-state index is 13.3. The van der Waals surface area contributed by atoms with E-state index in [4.69, 9.17) is 4.74 Å². The third-order valence-electron chi connectivity index (χ3n) is 6.04. The number of fused-ring (bicyclic) bond motifs is 1. The van der Waals surface area contributed by atoms with Crippen molar-refractivity contribution in [2.75, 3.05) is 13.2 Å². The molecule has 6 nitrogen and oxygen atoms in total. The number of thiophene rings is 1. The highest BCUT2D eigenvalue weighted by Crippen LogP contribution is 2.31. The van der Waals surface area contributed by atoms with Gasteiger partial charge >= 0.3 is 0 Å². The molecule has 3 fully saturated rings. The van der Waals surface area contributed by atoms with Crippen LogP contribution in [-0.4, -0.2) is 53.8 Å². The van der Waals surface area contributed by atoms with Gasteiger partial charge in [0.15, 0.2) is 5.78 Å². The van der Waals surface area contributed by atoms with Crippen LogP contribution in [0.4, 0.5) is 0 Å². The van der Waals surface area contributed by atoms with Gasteiger partial charge in [-0.05, 0) is 30.2 Å². The molecule has 7 heteroatoms. The molecule has 4 rings (SSSR count). The lowest BCUT2D eigenvalue weighted by atomic mass is 9.84. The molecule has 2 amide bonds. The summed E-state index contributed by atoms with van der Waals surface area (Å²) in [7, 11) is 0. The first-order valence-electron chi connectivity index (χ1n) is 9.92. The molecule has 0 aromatic carbocycles. The number of hydrogen-bond donors (Lipinski definition) is 1. The Morgan fingerprint density at radius 3 is 2.81 bits per heavy atom. The number of carbonyl (C=O) groups excluding carboxylic acids is 3. The molecule has 2 aliphatic heterocycles. The number of likely N-dealkylation sites (tertiary alicyclic amines) is 1. The third kappa shape index (κ3) is 3.94. The number of nitrogens with zero attached hydrogens (tertiary/aromatic N) is 1. The van der Waals surface area contributed by atoms with E-state index in [0.717, 1.165) is 12.8 Å². The van der Waals surface area contributed by atoms with Gasteiger partial charge < -0.3 is 15.0 Å². The molecule has 3 unspecified atom stereocenters. The normalized spacial score (nSPS) is 26.8. The highest BCUT2D eigenvalue weighted by Gasteiger charge is 2.48. The molecular weight excluding hydrogens is 364 g/mol. The van der Waals surface area contributed by atoms with E-state index < -0.39 is 12.1 Å². The average molecular weight is 391 g/mol. The molecule has 0 bridgehead atoms. The molecule has 0 spiro atoms. The fourth-order valence-corrected chi connectivity index (χ4v) is 5.28. The van der Waals surface area contributed by atoms with Crippen LogP contribution in [-0.2, 0) is 14.3 Å². The fraction of sp³-hybridized carbons (Fsp3) is 0.650. The van der Waals surface area contributed by atoms with Crippen LogP contribution in [0.3, 0.4) is 0 Å². The predicted octanol–water partition coefficient (Wildman–Crippen LogP) is 2.39. The summed E-state index contributed by atoms with van der Waals surface area (Å²) in [6.45, 7) is 0.615. The number of ketones is 1. The summed E-state index contributed by atoms with van der Waals surface area (Å²) < 4.78 is 5.51. The quantitative estimate of drug-likeness (QED) is 0.838. The molecule has 3 aliphatic rings. The van der Waals surface area contributed by atoms with Crippen LogP contribution in [0, 0.1) is 5.92 Å². The van der Waals surface area contributed by atoms with Crippen molar-refractivity contribution in [3.8, 4) is 0 Å². The van der Waals surface area contributed by atoms with E-state index in [-0.39, 0.29) is 30.3 Å². The Bertz CT molecular complexity index is 699. The molecular formula is C20H26N2O4S. The van der Waals surface area contributed by atoms with Gasteiger partial charge in [-0.25, -0.2) is 0 Å². The maximum atomic E-state index is 13.3. The SMILES string of the molecule is O=C(NC(CC1CCCCC1)C(=O)N1CCC2OCC(=O)C21)c1cccs1. The first-order valence-corrected chi connectivity index (χ1v) is 10.8. The molecule has 146 valence electrons. The van der Waals surface area contributed by atoms with E-state index in [1.807, 2.05) is 11.4 Å². The van der Waals surface area contributed by atoms with E-state index in [1.54, 1.807) is 11.0 Å². The minimum absolute atomic E-state index is 0.0214. The van der Waals surface area contributed by atoms with Gasteiger partial charge in [0.25, 0.3) is 5.91 Å². The molecule has 1 aromatic rings. The first-order chi connectivity index (χ1) is 13.1. The lowest BCUT2D eigenvalue weighted by Crippen LogP contribution is -2.52. The van der Waals surface area contributed by atoms with E-state index in [9.17, 15) is 14.4 Å². The van der Waals surface area contributed by atoms with Crippen molar-refractivity contribution in [2.45, 2.75) is 63.1 Å². The lowest BCUT2D eigenvalue weighted by Gasteiger charge is -2.31. The van der Waals surface area contributed by atoms with Crippen molar-refractivity contribution in [1.82, 2.24) is 10.2 Å². The van der Waals surface area contributed by atoms with Crippen molar-refractivity contribution in [1.29, 1.82) is 0 Å². The van der Waals surface area contributed by atoms with Gasteiger partial charge in [-0.15, -0.1) is 11.3 Å². The van der Waals surface area contributed by atoms with Crippen molar-refractivity contribution in [3.63, 3.8) is 0 Å². The molecule has 3 atom stereocenters. The van der Waals surface area contributed by atoms with Crippen LogP contribution in [0.15, 0.2) is 17.5 Å². The minimum Gasteiger partial charge on any atom is -0.368 e. The van der Waals surface area contributed by atoms with Gasteiger partial charge in [0.05, 0.1) is 11.0 Å². The summed E-state index contributed by atoms with van der Waals surface area (Å²) in [6.07, 6.45) is 6.99. The fourth-order valence-electron chi connectivity index (χ4n) is 4.66. The zero-order chi connectivity index (χ0) is 18.8. The molecule has 2 saturated heterocycles. The van der Waals surface area contributed by atoms with Crippen LogP contribution in [0.1, 0.15) is 54.6 Å². The molecule has 0 radical (unpaired) electrons. The summed E-state index contributed by atoms with van der Waals surface area (Å²) >= 11 is 1.37. The maximum Gasteiger partial charge on any atom is 0.261 e. The monoisotopic (exact) mass is 390 g/mol. The number of amides is 2. The van der Waals surface area contributed by atoms with Gasteiger partial charge in [0.2, 0.25) is 5.91 Å². The van der Waals surface area contributed by atoms with Gasteiger partial charge in [-0.1, -0.05) is 38.2 Å². The molecule has 1 aliphatic carbocycles. The molecule has 1 N–H and O–H groups in total. The standard InChI is InChI=1S/C20H26N2O4S/c23-15-12-26-16-8-9-22(18(15)16)20(25)14(11-13-5-2-1-3-6-13)21-19(24)17-7-4-10-27-17/h4,7,10,13-14,16,18H,1-3,5-6,8-9,11-12H2,(H,21,24). The summed E-state index contributed by atoms with van der Waals surface area (Å²) in [6, 6.07) is 2.55. The van der Waals surface area contributed by atoms with Gasteiger partial charge in [0, 0.05) is 6.54 Å².